The smallest absolute Gasteiger partial charge is 0.244 e. The second-order valence-corrected chi connectivity index (χ2v) is 5.71. The fraction of sp³-hybridized carbons (Fsp3) is 0.444. The van der Waals surface area contributed by atoms with Gasteiger partial charge in [-0.1, -0.05) is 48.9 Å². The SMILES string of the molecule is CC(C)=CCCC(C)CC=NNC(=O)Cc1ccccc1. The quantitative estimate of drug-likeness (QED) is 0.436. The van der Waals surface area contributed by atoms with Gasteiger partial charge in [-0.15, -0.1) is 0 Å². The minimum absolute atomic E-state index is 0.0744. The second kappa shape index (κ2) is 9.92. The minimum Gasteiger partial charge on any atom is -0.273 e. The molecular weight excluding hydrogens is 260 g/mol. The molecule has 0 aliphatic rings. The van der Waals surface area contributed by atoms with Crippen molar-refractivity contribution < 1.29 is 4.79 Å². The van der Waals surface area contributed by atoms with Gasteiger partial charge in [0.25, 0.3) is 0 Å². The summed E-state index contributed by atoms with van der Waals surface area (Å²) in [5.41, 5.74) is 4.94. The van der Waals surface area contributed by atoms with Gasteiger partial charge in [-0.05, 0) is 44.6 Å². The monoisotopic (exact) mass is 286 g/mol. The van der Waals surface area contributed by atoms with Crippen molar-refractivity contribution in [2.75, 3.05) is 0 Å². The fourth-order valence-corrected chi connectivity index (χ4v) is 1.95. The summed E-state index contributed by atoms with van der Waals surface area (Å²) in [4.78, 5) is 11.7. The average Bonchev–Trinajstić information content (AvgIpc) is 2.44. The lowest BCUT2D eigenvalue weighted by molar-refractivity contribution is -0.120. The van der Waals surface area contributed by atoms with Gasteiger partial charge < -0.3 is 0 Å². The molecule has 1 amide bonds. The summed E-state index contributed by atoms with van der Waals surface area (Å²) in [6.45, 7) is 6.44. The molecule has 1 aromatic rings. The molecule has 0 aliphatic carbocycles. The third-order valence-electron chi connectivity index (χ3n) is 3.21. The van der Waals surface area contributed by atoms with Crippen molar-refractivity contribution in [1.29, 1.82) is 0 Å². The largest absolute Gasteiger partial charge is 0.273 e. The third kappa shape index (κ3) is 8.79. The Hall–Kier alpha value is -1.90. The van der Waals surface area contributed by atoms with Crippen molar-refractivity contribution in [3.05, 3.63) is 47.5 Å². The van der Waals surface area contributed by atoms with Crippen LogP contribution in [0.25, 0.3) is 0 Å². The summed E-state index contributed by atoms with van der Waals surface area (Å²) in [6.07, 6.45) is 7.58. The topological polar surface area (TPSA) is 41.5 Å². The van der Waals surface area contributed by atoms with Crippen molar-refractivity contribution >= 4 is 12.1 Å². The van der Waals surface area contributed by atoms with Crippen LogP contribution in [0.15, 0.2) is 47.1 Å². The van der Waals surface area contributed by atoms with E-state index in [-0.39, 0.29) is 5.91 Å². The van der Waals surface area contributed by atoms with Crippen molar-refractivity contribution in [3.8, 4) is 0 Å². The van der Waals surface area contributed by atoms with Gasteiger partial charge in [0.15, 0.2) is 0 Å². The van der Waals surface area contributed by atoms with Crippen molar-refractivity contribution in [2.24, 2.45) is 11.0 Å². The zero-order valence-electron chi connectivity index (χ0n) is 13.3. The van der Waals surface area contributed by atoms with Gasteiger partial charge in [0.1, 0.15) is 0 Å². The number of carbonyl (C=O) groups excluding carboxylic acids is 1. The molecule has 0 heterocycles. The van der Waals surface area contributed by atoms with Crippen LogP contribution in [0, 0.1) is 5.92 Å². The van der Waals surface area contributed by atoms with Gasteiger partial charge in [0, 0.05) is 6.21 Å². The first kappa shape index (κ1) is 17.2. The van der Waals surface area contributed by atoms with Crippen LogP contribution in [-0.4, -0.2) is 12.1 Å². The first-order chi connectivity index (χ1) is 10.1. The number of carbonyl (C=O) groups is 1. The molecule has 0 fully saturated rings. The number of allylic oxidation sites excluding steroid dienone is 2. The predicted octanol–water partition coefficient (Wildman–Crippen LogP) is 4.10. The Bertz CT molecular complexity index is 473. The molecule has 114 valence electrons. The predicted molar refractivity (Wildman–Crippen MR) is 89.2 cm³/mol. The zero-order chi connectivity index (χ0) is 15.5. The molecule has 0 spiro atoms. The number of hydrazone groups is 1. The first-order valence-corrected chi connectivity index (χ1v) is 7.55. The van der Waals surface area contributed by atoms with E-state index in [1.165, 1.54) is 5.57 Å². The Labute approximate surface area is 128 Å². The highest BCUT2D eigenvalue weighted by Crippen LogP contribution is 2.10. The van der Waals surface area contributed by atoms with Gasteiger partial charge >= 0.3 is 0 Å². The Morgan fingerprint density at radius 2 is 2.00 bits per heavy atom. The van der Waals surface area contributed by atoms with Gasteiger partial charge in [-0.2, -0.15) is 5.10 Å². The van der Waals surface area contributed by atoms with E-state index < -0.39 is 0 Å². The second-order valence-electron chi connectivity index (χ2n) is 5.71. The highest BCUT2D eigenvalue weighted by Gasteiger charge is 2.01. The standard InChI is InChI=1S/C18H26N2O/c1-15(2)8-7-9-16(3)12-13-19-20-18(21)14-17-10-5-4-6-11-17/h4-6,8,10-11,13,16H,7,9,12,14H2,1-3H3,(H,20,21). The third-order valence-corrected chi connectivity index (χ3v) is 3.21. The minimum atomic E-state index is -0.0744. The number of hydrogen-bond donors (Lipinski definition) is 1. The van der Waals surface area contributed by atoms with Crippen LogP contribution in [0.5, 0.6) is 0 Å². The number of amides is 1. The molecule has 0 bridgehead atoms. The maximum Gasteiger partial charge on any atom is 0.244 e. The van der Waals surface area contributed by atoms with Gasteiger partial charge in [0.05, 0.1) is 6.42 Å². The Balaban J connectivity index is 2.19. The summed E-state index contributed by atoms with van der Waals surface area (Å²) in [6, 6.07) is 9.68. The highest BCUT2D eigenvalue weighted by atomic mass is 16.2. The van der Waals surface area contributed by atoms with E-state index in [0.29, 0.717) is 12.3 Å². The molecule has 3 nitrogen and oxygen atoms in total. The van der Waals surface area contributed by atoms with Gasteiger partial charge in [-0.3, -0.25) is 4.79 Å². The maximum absolute atomic E-state index is 11.7. The molecule has 0 radical (unpaired) electrons. The first-order valence-electron chi connectivity index (χ1n) is 7.55. The lowest BCUT2D eigenvalue weighted by Gasteiger charge is -2.06. The van der Waals surface area contributed by atoms with E-state index in [4.69, 9.17) is 0 Å². The molecular formula is C18H26N2O. The molecule has 0 aliphatic heterocycles. The van der Waals surface area contributed by atoms with E-state index in [0.717, 1.165) is 24.8 Å². The molecule has 0 saturated carbocycles. The summed E-state index contributed by atoms with van der Waals surface area (Å²) in [5.74, 6) is 0.505. The molecule has 1 atom stereocenters. The molecule has 1 rings (SSSR count). The lowest BCUT2D eigenvalue weighted by atomic mass is 10.0. The number of hydrogen-bond acceptors (Lipinski definition) is 2. The van der Waals surface area contributed by atoms with Crippen molar-refractivity contribution in [3.63, 3.8) is 0 Å². The highest BCUT2D eigenvalue weighted by molar-refractivity contribution is 5.79. The summed E-state index contributed by atoms with van der Waals surface area (Å²) >= 11 is 0. The summed E-state index contributed by atoms with van der Waals surface area (Å²) < 4.78 is 0. The van der Waals surface area contributed by atoms with Gasteiger partial charge in [0.2, 0.25) is 5.91 Å². The molecule has 0 saturated heterocycles. The van der Waals surface area contributed by atoms with Crippen LogP contribution < -0.4 is 5.43 Å². The van der Waals surface area contributed by atoms with Crippen molar-refractivity contribution in [2.45, 2.75) is 46.5 Å². The Morgan fingerprint density at radius 3 is 2.67 bits per heavy atom. The van der Waals surface area contributed by atoms with E-state index in [9.17, 15) is 4.79 Å². The molecule has 1 N–H and O–H groups in total. The Morgan fingerprint density at radius 1 is 1.29 bits per heavy atom. The molecule has 0 aromatic heterocycles. The van der Waals surface area contributed by atoms with E-state index in [1.54, 1.807) is 6.21 Å². The fourth-order valence-electron chi connectivity index (χ4n) is 1.95. The summed E-state index contributed by atoms with van der Waals surface area (Å²) in [5, 5.41) is 4.01. The molecule has 3 heteroatoms. The van der Waals surface area contributed by atoms with Crippen LogP contribution in [0.1, 0.15) is 45.6 Å². The number of benzene rings is 1. The zero-order valence-corrected chi connectivity index (χ0v) is 13.3. The van der Waals surface area contributed by atoms with Gasteiger partial charge in [-0.25, -0.2) is 5.43 Å². The van der Waals surface area contributed by atoms with Crippen LogP contribution >= 0.6 is 0 Å². The molecule has 1 aromatic carbocycles. The van der Waals surface area contributed by atoms with Crippen LogP contribution in [0.4, 0.5) is 0 Å². The van der Waals surface area contributed by atoms with Crippen LogP contribution in [-0.2, 0) is 11.2 Å². The molecule has 21 heavy (non-hydrogen) atoms. The number of nitrogens with zero attached hydrogens (tertiary/aromatic N) is 1. The van der Waals surface area contributed by atoms with E-state index >= 15 is 0 Å². The van der Waals surface area contributed by atoms with Crippen molar-refractivity contribution in [1.82, 2.24) is 5.43 Å². The van der Waals surface area contributed by atoms with E-state index in [1.807, 2.05) is 30.3 Å². The molecule has 1 unspecified atom stereocenters. The van der Waals surface area contributed by atoms with Crippen LogP contribution in [0.3, 0.4) is 0 Å². The normalized spacial score (nSPS) is 12.1. The maximum atomic E-state index is 11.7. The Kier molecular flexibility index (Phi) is 8.10. The number of nitrogens with one attached hydrogen (secondary N) is 1. The summed E-state index contributed by atoms with van der Waals surface area (Å²) in [7, 11) is 0. The van der Waals surface area contributed by atoms with Crippen LogP contribution in [0.2, 0.25) is 0 Å². The lowest BCUT2D eigenvalue weighted by Crippen LogP contribution is -2.19. The average molecular weight is 286 g/mol. The number of rotatable bonds is 8. The van der Waals surface area contributed by atoms with E-state index in [2.05, 4.69) is 37.4 Å².